The minimum atomic E-state index is -0.988. The predicted molar refractivity (Wildman–Crippen MR) is 114 cm³/mol. The van der Waals surface area contributed by atoms with Crippen molar-refractivity contribution in [2.45, 2.75) is 61.9 Å². The van der Waals surface area contributed by atoms with Crippen molar-refractivity contribution >= 4 is 40.8 Å². The van der Waals surface area contributed by atoms with Gasteiger partial charge in [0, 0.05) is 11.9 Å². The van der Waals surface area contributed by atoms with Crippen molar-refractivity contribution in [2.75, 3.05) is 10.7 Å². The van der Waals surface area contributed by atoms with Crippen LogP contribution in [0.15, 0.2) is 28.9 Å². The number of hydrogen-bond donors (Lipinski definition) is 2. The summed E-state index contributed by atoms with van der Waals surface area (Å²) in [6.07, 6.45) is 4.03. The van der Waals surface area contributed by atoms with Gasteiger partial charge in [-0.15, -0.1) is 11.3 Å². The zero-order valence-corrected chi connectivity index (χ0v) is 18.3. The number of thioether (sulfide) groups is 1. The van der Waals surface area contributed by atoms with E-state index < -0.39 is 12.1 Å². The third kappa shape index (κ3) is 4.79. The van der Waals surface area contributed by atoms with Gasteiger partial charge in [-0.1, -0.05) is 38.6 Å². The fraction of sp³-hybridized carbons (Fsp3) is 0.500. The van der Waals surface area contributed by atoms with E-state index in [1.54, 1.807) is 4.90 Å². The van der Waals surface area contributed by atoms with Gasteiger partial charge in [0.15, 0.2) is 4.34 Å². The number of aliphatic hydroxyl groups is 1. The summed E-state index contributed by atoms with van der Waals surface area (Å²) in [7, 11) is 0. The van der Waals surface area contributed by atoms with Gasteiger partial charge in [0.1, 0.15) is 10.7 Å². The Balaban J connectivity index is 1.68. The van der Waals surface area contributed by atoms with Gasteiger partial charge in [-0.2, -0.15) is 0 Å². The van der Waals surface area contributed by atoms with E-state index in [0.717, 1.165) is 23.3 Å². The maximum atomic E-state index is 12.5. The molecule has 2 aromatic heterocycles. The van der Waals surface area contributed by atoms with Crippen molar-refractivity contribution in [1.29, 1.82) is 0 Å². The van der Waals surface area contributed by atoms with Crippen LogP contribution in [0.5, 0.6) is 0 Å². The number of anilines is 1. The first-order valence-electron chi connectivity index (χ1n) is 9.51. The number of thiazole rings is 1. The predicted octanol–water partition coefficient (Wildman–Crippen LogP) is 3.57. The molecule has 2 aromatic rings. The molecule has 1 aliphatic rings. The molecule has 1 fully saturated rings. The second-order valence-corrected chi connectivity index (χ2v) is 10.1. The molecule has 156 valence electrons. The second kappa shape index (κ2) is 8.81. The molecule has 7 nitrogen and oxygen atoms in total. The fourth-order valence-electron chi connectivity index (χ4n) is 3.21. The molecule has 29 heavy (non-hydrogen) atoms. The number of rotatable bonds is 8. The average molecular weight is 436 g/mol. The molecule has 0 bridgehead atoms. The van der Waals surface area contributed by atoms with Crippen LogP contribution in [0.2, 0.25) is 0 Å². The molecule has 9 heteroatoms. The average Bonchev–Trinajstić information content (AvgIpc) is 3.26. The van der Waals surface area contributed by atoms with Crippen molar-refractivity contribution in [3.05, 3.63) is 35.0 Å². The molecule has 1 saturated heterocycles. The number of amides is 1. The van der Waals surface area contributed by atoms with Crippen LogP contribution in [0.1, 0.15) is 55.3 Å². The summed E-state index contributed by atoms with van der Waals surface area (Å²) in [5, 5.41) is 19.4. The largest absolute Gasteiger partial charge is 0.477 e. The van der Waals surface area contributed by atoms with E-state index in [2.05, 4.69) is 30.7 Å². The number of aromatic carboxylic acids is 1. The fourth-order valence-corrected chi connectivity index (χ4v) is 5.12. The van der Waals surface area contributed by atoms with Crippen molar-refractivity contribution < 1.29 is 19.8 Å². The highest BCUT2D eigenvalue weighted by Gasteiger charge is 2.40. The standard InChI is InChI=1S/C20H25N3O4S2/c1-4-20(2,3)12-5-6-16(21-10-12)23-13(14(24)9-17(23)25)7-8-28-19-22-11-15(29-19)18(26)27/h5-6,10-11,13-14,24H,4,7-9H2,1-3H3,(H,26,27). The molecule has 2 N–H and O–H groups in total. The zero-order valence-electron chi connectivity index (χ0n) is 16.7. The Morgan fingerprint density at radius 2 is 2.10 bits per heavy atom. The first-order valence-corrected chi connectivity index (χ1v) is 11.3. The Kier molecular flexibility index (Phi) is 6.60. The van der Waals surface area contributed by atoms with E-state index in [1.807, 2.05) is 18.3 Å². The van der Waals surface area contributed by atoms with Crippen molar-refractivity contribution in [1.82, 2.24) is 9.97 Å². The molecular weight excluding hydrogens is 410 g/mol. The lowest BCUT2D eigenvalue weighted by Crippen LogP contribution is -2.38. The van der Waals surface area contributed by atoms with Crippen LogP contribution < -0.4 is 4.90 Å². The molecular formula is C20H25N3O4S2. The van der Waals surface area contributed by atoms with Crippen LogP contribution in [0.4, 0.5) is 5.82 Å². The molecule has 0 radical (unpaired) electrons. The summed E-state index contributed by atoms with van der Waals surface area (Å²) < 4.78 is 0.664. The Morgan fingerprint density at radius 3 is 2.69 bits per heavy atom. The number of carbonyl (C=O) groups excluding carboxylic acids is 1. The van der Waals surface area contributed by atoms with Gasteiger partial charge in [0.25, 0.3) is 0 Å². The molecule has 0 aromatic carbocycles. The first-order chi connectivity index (χ1) is 13.7. The molecule has 1 amide bonds. The Bertz CT molecular complexity index is 882. The summed E-state index contributed by atoms with van der Waals surface area (Å²) in [4.78, 5) is 33.9. The van der Waals surface area contributed by atoms with E-state index in [0.29, 0.717) is 22.3 Å². The van der Waals surface area contributed by atoms with Crippen molar-refractivity contribution in [2.24, 2.45) is 0 Å². The highest BCUT2D eigenvalue weighted by Crippen LogP contribution is 2.32. The minimum Gasteiger partial charge on any atom is -0.477 e. The Morgan fingerprint density at radius 1 is 1.34 bits per heavy atom. The van der Waals surface area contributed by atoms with Crippen molar-refractivity contribution in [3.63, 3.8) is 0 Å². The summed E-state index contributed by atoms with van der Waals surface area (Å²) in [6, 6.07) is 3.49. The first kappa shape index (κ1) is 21.7. The number of aliphatic hydroxyl groups excluding tert-OH is 1. The van der Waals surface area contributed by atoms with Gasteiger partial charge in [-0.25, -0.2) is 14.8 Å². The molecule has 3 rings (SSSR count). The van der Waals surface area contributed by atoms with Gasteiger partial charge in [-0.3, -0.25) is 9.69 Å². The van der Waals surface area contributed by atoms with E-state index >= 15 is 0 Å². The van der Waals surface area contributed by atoms with Crippen LogP contribution >= 0.6 is 23.1 Å². The number of hydrogen-bond acceptors (Lipinski definition) is 7. The summed E-state index contributed by atoms with van der Waals surface area (Å²) in [5.41, 5.74) is 1.12. The van der Waals surface area contributed by atoms with E-state index in [9.17, 15) is 14.7 Å². The monoisotopic (exact) mass is 435 g/mol. The number of carbonyl (C=O) groups is 2. The molecule has 2 unspecified atom stereocenters. The molecule has 0 saturated carbocycles. The molecule has 2 atom stereocenters. The number of nitrogens with zero attached hydrogens (tertiary/aromatic N) is 3. The highest BCUT2D eigenvalue weighted by molar-refractivity contribution is 8.01. The van der Waals surface area contributed by atoms with Gasteiger partial charge in [0.2, 0.25) is 5.91 Å². The van der Waals surface area contributed by atoms with Crippen molar-refractivity contribution in [3.8, 4) is 0 Å². The van der Waals surface area contributed by atoms with Gasteiger partial charge >= 0.3 is 5.97 Å². The Hall–Kier alpha value is -1.97. The van der Waals surface area contributed by atoms with Crippen LogP contribution in [0.25, 0.3) is 0 Å². The molecule has 1 aliphatic heterocycles. The molecule has 3 heterocycles. The van der Waals surface area contributed by atoms with Gasteiger partial charge in [0.05, 0.1) is 24.8 Å². The third-order valence-corrected chi connectivity index (χ3v) is 7.60. The highest BCUT2D eigenvalue weighted by atomic mass is 32.2. The summed E-state index contributed by atoms with van der Waals surface area (Å²) in [6.45, 7) is 6.44. The molecule has 0 aliphatic carbocycles. The second-order valence-electron chi connectivity index (χ2n) is 7.68. The number of pyridine rings is 1. The van der Waals surface area contributed by atoms with Gasteiger partial charge in [-0.05, 0) is 29.9 Å². The Labute approximate surface area is 178 Å². The zero-order chi connectivity index (χ0) is 21.2. The lowest BCUT2D eigenvalue weighted by molar-refractivity contribution is -0.117. The van der Waals surface area contributed by atoms with Gasteiger partial charge < -0.3 is 10.2 Å². The number of aromatic nitrogens is 2. The SMILES string of the molecule is CCC(C)(C)c1ccc(N2C(=O)CC(O)C2CCSc2ncc(C(=O)O)s2)nc1. The third-order valence-electron chi connectivity index (χ3n) is 5.42. The number of carboxylic acids is 1. The normalized spacial score (nSPS) is 19.7. The van der Waals surface area contributed by atoms with Crippen LogP contribution in [0, 0.1) is 0 Å². The topological polar surface area (TPSA) is 104 Å². The van der Waals surface area contributed by atoms with E-state index in [1.165, 1.54) is 18.0 Å². The quantitative estimate of drug-likeness (QED) is 0.611. The van der Waals surface area contributed by atoms with Crippen LogP contribution in [0.3, 0.4) is 0 Å². The molecule has 0 spiro atoms. The van der Waals surface area contributed by atoms with Crippen LogP contribution in [-0.2, 0) is 10.2 Å². The lowest BCUT2D eigenvalue weighted by Gasteiger charge is -2.27. The maximum Gasteiger partial charge on any atom is 0.347 e. The lowest BCUT2D eigenvalue weighted by atomic mass is 9.83. The van der Waals surface area contributed by atoms with E-state index in [-0.39, 0.29) is 28.7 Å². The maximum absolute atomic E-state index is 12.5. The smallest absolute Gasteiger partial charge is 0.347 e. The van der Waals surface area contributed by atoms with Crippen LogP contribution in [-0.4, -0.2) is 50.0 Å². The van der Waals surface area contributed by atoms with E-state index in [4.69, 9.17) is 5.11 Å². The summed E-state index contributed by atoms with van der Waals surface area (Å²) >= 11 is 2.55. The number of carboxylic acid groups (broad SMARTS) is 1. The minimum absolute atomic E-state index is 0.0125. The summed E-state index contributed by atoms with van der Waals surface area (Å²) in [5.74, 6) is 0.0431.